The summed E-state index contributed by atoms with van der Waals surface area (Å²) in [5, 5.41) is 41.5. The fourth-order valence-electron chi connectivity index (χ4n) is 3.46. The fraction of sp³-hybridized carbons (Fsp3) is 0.240. The molecule has 3 aromatic rings. The number of hydrogen-bond donors (Lipinski definition) is 4. The van der Waals surface area contributed by atoms with Crippen molar-refractivity contribution in [2.24, 2.45) is 0 Å². The van der Waals surface area contributed by atoms with Crippen LogP contribution in [0.25, 0.3) is 22.1 Å². The van der Waals surface area contributed by atoms with Gasteiger partial charge < -0.3 is 24.8 Å². The first-order valence-electron chi connectivity index (χ1n) is 9.93. The van der Waals surface area contributed by atoms with E-state index in [9.17, 15) is 25.2 Å². The fourth-order valence-corrected chi connectivity index (χ4v) is 3.46. The summed E-state index contributed by atoms with van der Waals surface area (Å²) in [5.74, 6) is -0.896. The third kappa shape index (κ3) is 4.28. The van der Waals surface area contributed by atoms with Gasteiger partial charge in [0.25, 0.3) is 0 Å². The molecular weight excluding hydrogens is 396 g/mol. The molecule has 31 heavy (non-hydrogen) atoms. The Hall–Kier alpha value is -3.67. The van der Waals surface area contributed by atoms with Crippen LogP contribution >= 0.6 is 0 Å². The lowest BCUT2D eigenvalue weighted by Gasteiger charge is -2.15. The van der Waals surface area contributed by atoms with Gasteiger partial charge in [0.2, 0.25) is 5.43 Å². The first kappa shape index (κ1) is 22.0. The molecule has 0 spiro atoms. The highest BCUT2D eigenvalue weighted by Crippen LogP contribution is 2.41. The van der Waals surface area contributed by atoms with Gasteiger partial charge in [0, 0.05) is 22.8 Å². The highest BCUT2D eigenvalue weighted by atomic mass is 16.3. The van der Waals surface area contributed by atoms with Crippen molar-refractivity contribution in [3.05, 3.63) is 69.6 Å². The topological polar surface area (TPSA) is 111 Å². The number of hydrogen-bond acceptors (Lipinski definition) is 6. The number of allylic oxidation sites excluding steroid dienone is 3. The molecule has 0 unspecified atom stereocenters. The van der Waals surface area contributed by atoms with E-state index in [1.807, 2.05) is 26.8 Å². The Balaban J connectivity index is 2.35. The van der Waals surface area contributed by atoms with Gasteiger partial charge in [-0.2, -0.15) is 0 Å². The molecule has 0 atom stereocenters. The minimum atomic E-state index is -0.547. The molecular formula is C25H26O6. The molecule has 0 aliphatic carbocycles. The van der Waals surface area contributed by atoms with Crippen molar-refractivity contribution in [3.8, 4) is 34.1 Å². The van der Waals surface area contributed by atoms with Crippen LogP contribution in [0.1, 0.15) is 38.3 Å². The SMILES string of the molecule is C=C(C)CCc1c(O)c(CC=C(C)C)c(O)c2c(=O)c(-c3ccc(O)cc3O)coc12. The average molecular weight is 422 g/mol. The largest absolute Gasteiger partial charge is 0.508 e. The molecule has 3 rings (SSSR count). The van der Waals surface area contributed by atoms with Crippen LogP contribution in [0.3, 0.4) is 0 Å². The van der Waals surface area contributed by atoms with Crippen LogP contribution in [0, 0.1) is 0 Å². The summed E-state index contributed by atoms with van der Waals surface area (Å²) in [7, 11) is 0. The summed E-state index contributed by atoms with van der Waals surface area (Å²) in [6.45, 7) is 9.55. The van der Waals surface area contributed by atoms with Crippen molar-refractivity contribution in [1.29, 1.82) is 0 Å². The summed E-state index contributed by atoms with van der Waals surface area (Å²) < 4.78 is 5.73. The maximum absolute atomic E-state index is 13.4. The number of rotatable bonds is 6. The van der Waals surface area contributed by atoms with E-state index in [4.69, 9.17) is 4.42 Å². The van der Waals surface area contributed by atoms with E-state index in [1.54, 1.807) is 0 Å². The molecule has 0 saturated carbocycles. The van der Waals surface area contributed by atoms with E-state index in [-0.39, 0.29) is 57.1 Å². The summed E-state index contributed by atoms with van der Waals surface area (Å²) >= 11 is 0. The predicted octanol–water partition coefficient (Wildman–Crippen LogP) is 5.30. The zero-order valence-electron chi connectivity index (χ0n) is 17.8. The Morgan fingerprint density at radius 2 is 1.74 bits per heavy atom. The highest BCUT2D eigenvalue weighted by Gasteiger charge is 2.24. The van der Waals surface area contributed by atoms with E-state index in [0.717, 1.165) is 17.2 Å². The number of fused-ring (bicyclic) bond motifs is 1. The standard InChI is InChI=1S/C25H26O6/c1-13(2)5-8-17-22(28)18(9-6-14(3)4)25-21(23(17)29)24(30)19(12-31-25)16-10-7-15(26)11-20(16)27/h5,7,10-12,26-29H,3,6,8-9H2,1-2,4H3. The Morgan fingerprint density at radius 1 is 1.03 bits per heavy atom. The van der Waals surface area contributed by atoms with Crippen molar-refractivity contribution in [2.45, 2.75) is 40.0 Å². The van der Waals surface area contributed by atoms with Crippen molar-refractivity contribution < 1.29 is 24.8 Å². The summed E-state index contributed by atoms with van der Waals surface area (Å²) in [6.07, 6.45) is 4.23. The normalized spacial score (nSPS) is 10.9. The van der Waals surface area contributed by atoms with Gasteiger partial charge in [-0.3, -0.25) is 4.79 Å². The van der Waals surface area contributed by atoms with Gasteiger partial charge in [0.1, 0.15) is 40.2 Å². The van der Waals surface area contributed by atoms with Gasteiger partial charge in [-0.05, 0) is 52.2 Å². The van der Waals surface area contributed by atoms with Gasteiger partial charge in [0.05, 0.1) is 5.56 Å². The molecule has 0 amide bonds. The molecule has 6 nitrogen and oxygen atoms in total. The van der Waals surface area contributed by atoms with Crippen LogP contribution in [0.4, 0.5) is 0 Å². The van der Waals surface area contributed by atoms with E-state index < -0.39 is 5.43 Å². The van der Waals surface area contributed by atoms with Crippen molar-refractivity contribution in [1.82, 2.24) is 0 Å². The summed E-state index contributed by atoms with van der Waals surface area (Å²) in [5.41, 5.74) is 2.31. The Labute approximate surface area is 180 Å². The first-order valence-corrected chi connectivity index (χ1v) is 9.93. The lowest BCUT2D eigenvalue weighted by molar-refractivity contribution is 0.437. The zero-order chi connectivity index (χ0) is 22.9. The van der Waals surface area contributed by atoms with Crippen LogP contribution < -0.4 is 5.43 Å². The maximum Gasteiger partial charge on any atom is 0.204 e. The van der Waals surface area contributed by atoms with Crippen molar-refractivity contribution >= 4 is 11.0 Å². The first-order chi connectivity index (χ1) is 14.6. The molecule has 2 aromatic carbocycles. The Kier molecular flexibility index (Phi) is 6.11. The van der Waals surface area contributed by atoms with Crippen LogP contribution in [-0.2, 0) is 12.8 Å². The number of aromatic hydroxyl groups is 4. The van der Waals surface area contributed by atoms with Crippen LogP contribution in [0.15, 0.2) is 57.5 Å². The van der Waals surface area contributed by atoms with E-state index >= 15 is 0 Å². The van der Waals surface area contributed by atoms with Crippen LogP contribution in [-0.4, -0.2) is 20.4 Å². The monoisotopic (exact) mass is 422 g/mol. The Morgan fingerprint density at radius 3 is 2.35 bits per heavy atom. The molecule has 0 radical (unpaired) electrons. The van der Waals surface area contributed by atoms with Gasteiger partial charge >= 0.3 is 0 Å². The third-order valence-electron chi connectivity index (χ3n) is 5.15. The predicted molar refractivity (Wildman–Crippen MR) is 121 cm³/mol. The second-order valence-corrected chi connectivity index (χ2v) is 7.98. The lowest BCUT2D eigenvalue weighted by Crippen LogP contribution is -2.08. The lowest BCUT2D eigenvalue weighted by atomic mass is 9.94. The minimum absolute atomic E-state index is 0.0324. The molecule has 6 heteroatoms. The number of benzene rings is 2. The smallest absolute Gasteiger partial charge is 0.204 e. The molecule has 0 aliphatic heterocycles. The zero-order valence-corrected chi connectivity index (χ0v) is 17.8. The molecule has 1 aromatic heterocycles. The molecule has 1 heterocycles. The maximum atomic E-state index is 13.4. The third-order valence-corrected chi connectivity index (χ3v) is 5.15. The van der Waals surface area contributed by atoms with E-state index in [2.05, 4.69) is 6.58 Å². The van der Waals surface area contributed by atoms with Crippen molar-refractivity contribution in [3.63, 3.8) is 0 Å². The van der Waals surface area contributed by atoms with Gasteiger partial charge in [0.15, 0.2) is 0 Å². The number of phenolic OH excluding ortho intramolecular Hbond substituents is 4. The number of phenols is 4. The van der Waals surface area contributed by atoms with E-state index in [0.29, 0.717) is 18.4 Å². The van der Waals surface area contributed by atoms with Crippen LogP contribution in [0.2, 0.25) is 0 Å². The molecule has 0 fully saturated rings. The molecule has 0 bridgehead atoms. The molecule has 4 N–H and O–H groups in total. The van der Waals surface area contributed by atoms with Gasteiger partial charge in [-0.1, -0.05) is 17.2 Å². The molecule has 0 aliphatic rings. The molecule has 162 valence electrons. The second kappa shape index (κ2) is 8.60. The molecule has 0 saturated heterocycles. The summed E-state index contributed by atoms with van der Waals surface area (Å²) in [4.78, 5) is 13.4. The van der Waals surface area contributed by atoms with Gasteiger partial charge in [-0.15, -0.1) is 6.58 Å². The number of aryl methyl sites for hydroxylation is 1. The minimum Gasteiger partial charge on any atom is -0.508 e. The highest BCUT2D eigenvalue weighted by molar-refractivity contribution is 5.93. The van der Waals surface area contributed by atoms with Crippen molar-refractivity contribution in [2.75, 3.05) is 0 Å². The summed E-state index contributed by atoms with van der Waals surface area (Å²) in [6, 6.07) is 3.86. The van der Waals surface area contributed by atoms with Crippen LogP contribution in [0.5, 0.6) is 23.0 Å². The quantitative estimate of drug-likeness (QED) is 0.401. The van der Waals surface area contributed by atoms with E-state index in [1.165, 1.54) is 18.4 Å². The second-order valence-electron chi connectivity index (χ2n) is 7.98. The average Bonchev–Trinajstić information content (AvgIpc) is 2.68. The Bertz CT molecular complexity index is 1260. The van der Waals surface area contributed by atoms with Gasteiger partial charge in [-0.25, -0.2) is 0 Å².